The van der Waals surface area contributed by atoms with Crippen molar-refractivity contribution in [3.05, 3.63) is 42.4 Å². The summed E-state index contributed by atoms with van der Waals surface area (Å²) < 4.78 is 22.7. The van der Waals surface area contributed by atoms with Crippen LogP contribution in [0.1, 0.15) is 29.2 Å². The molecule has 1 saturated heterocycles. The molecule has 1 aliphatic heterocycles. The molecule has 0 bridgehead atoms. The highest BCUT2D eigenvalue weighted by Gasteiger charge is 2.33. The Labute approximate surface area is 193 Å². The van der Waals surface area contributed by atoms with E-state index in [2.05, 4.69) is 20.7 Å². The molecular formula is C23H24FN7O3. The number of carbonyl (C=O) groups excluding carboxylic acids is 1. The maximum absolute atomic E-state index is 13.7. The molecule has 4 aromatic rings. The summed E-state index contributed by atoms with van der Waals surface area (Å²) in [5.74, 6) is 0.240. The van der Waals surface area contributed by atoms with Crippen LogP contribution in [0.2, 0.25) is 0 Å². The first-order valence-corrected chi connectivity index (χ1v) is 11.3. The number of aliphatic hydroxyl groups is 1. The molecule has 6 rings (SSSR count). The van der Waals surface area contributed by atoms with Crippen LogP contribution in [0.3, 0.4) is 0 Å². The van der Waals surface area contributed by atoms with E-state index < -0.39 is 24.2 Å². The lowest BCUT2D eigenvalue weighted by Crippen LogP contribution is -2.48. The Morgan fingerprint density at radius 3 is 2.88 bits per heavy atom. The molecule has 1 amide bonds. The average Bonchev–Trinajstić information content (AvgIpc) is 3.57. The summed E-state index contributed by atoms with van der Waals surface area (Å²) in [7, 11) is 1.76. The van der Waals surface area contributed by atoms with E-state index in [0.29, 0.717) is 42.3 Å². The van der Waals surface area contributed by atoms with E-state index in [9.17, 15) is 14.3 Å². The monoisotopic (exact) mass is 465 g/mol. The molecule has 4 aromatic heterocycles. The van der Waals surface area contributed by atoms with E-state index in [1.54, 1.807) is 17.8 Å². The first-order chi connectivity index (χ1) is 16.5. The molecule has 2 aliphatic rings. The zero-order valence-corrected chi connectivity index (χ0v) is 18.5. The summed E-state index contributed by atoms with van der Waals surface area (Å²) in [4.78, 5) is 22.2. The molecule has 3 N–H and O–H groups in total. The Kier molecular flexibility index (Phi) is 4.96. The van der Waals surface area contributed by atoms with Crippen molar-refractivity contribution >= 4 is 28.4 Å². The van der Waals surface area contributed by atoms with Gasteiger partial charge in [0, 0.05) is 36.5 Å². The number of amides is 1. The number of nitrogens with one attached hydrogen (secondary N) is 2. The summed E-state index contributed by atoms with van der Waals surface area (Å²) in [6, 6.07) is 4.91. The first kappa shape index (κ1) is 21.0. The second-order valence-electron chi connectivity index (χ2n) is 8.74. The van der Waals surface area contributed by atoms with Gasteiger partial charge in [-0.25, -0.2) is 14.4 Å². The zero-order valence-electron chi connectivity index (χ0n) is 18.5. The third-order valence-electron chi connectivity index (χ3n) is 6.72. The summed E-state index contributed by atoms with van der Waals surface area (Å²) in [6.45, 7) is 0.661. The number of nitrogens with zero attached hydrogens (tertiary/aromatic N) is 5. The van der Waals surface area contributed by atoms with Crippen molar-refractivity contribution < 1.29 is 19.0 Å². The number of pyridine rings is 1. The molecule has 5 heterocycles. The van der Waals surface area contributed by atoms with E-state index in [0.717, 1.165) is 10.9 Å². The lowest BCUT2D eigenvalue weighted by Gasteiger charge is -2.30. The largest absolute Gasteiger partial charge is 0.388 e. The second-order valence-corrected chi connectivity index (χ2v) is 8.74. The number of anilines is 1. The van der Waals surface area contributed by atoms with Crippen LogP contribution in [0.5, 0.6) is 0 Å². The van der Waals surface area contributed by atoms with Gasteiger partial charge in [0.2, 0.25) is 0 Å². The number of ether oxygens (including phenoxy) is 1. The van der Waals surface area contributed by atoms with E-state index in [1.807, 2.05) is 29.0 Å². The zero-order chi connectivity index (χ0) is 23.4. The van der Waals surface area contributed by atoms with Gasteiger partial charge < -0.3 is 25.0 Å². The standard InChI is InChI=1S/C23H24FN7O3/c1-25-20-7-17(28-22-13(8-27-31(20)22)23(33)29-16-5-4-15(16)24)14-9-30(18-10-34-11-19(18)32)21-12(14)3-2-6-26-21/h2-3,6-9,15-16,18-19,25,32H,4-5,10-11H2,1H3,(H,29,33)/t15-,16?,18+,19+/m1/s1. The normalized spacial score (nSPS) is 24.4. The van der Waals surface area contributed by atoms with Crippen molar-refractivity contribution in [3.63, 3.8) is 0 Å². The topological polar surface area (TPSA) is 119 Å². The van der Waals surface area contributed by atoms with Gasteiger partial charge in [-0.1, -0.05) is 0 Å². The van der Waals surface area contributed by atoms with Crippen molar-refractivity contribution in [1.29, 1.82) is 0 Å². The maximum atomic E-state index is 13.7. The Hall–Kier alpha value is -3.57. The molecule has 34 heavy (non-hydrogen) atoms. The molecule has 1 aliphatic carbocycles. The molecule has 2 fully saturated rings. The lowest BCUT2D eigenvalue weighted by molar-refractivity contribution is 0.0826. The van der Waals surface area contributed by atoms with Crippen LogP contribution in [-0.2, 0) is 4.74 Å². The molecule has 1 saturated carbocycles. The minimum Gasteiger partial charge on any atom is -0.388 e. The molecule has 4 atom stereocenters. The maximum Gasteiger partial charge on any atom is 0.257 e. The highest BCUT2D eigenvalue weighted by Crippen LogP contribution is 2.34. The predicted molar refractivity (Wildman–Crippen MR) is 123 cm³/mol. The number of carbonyl (C=O) groups is 1. The third-order valence-corrected chi connectivity index (χ3v) is 6.72. The Morgan fingerprint density at radius 1 is 1.29 bits per heavy atom. The molecule has 10 nitrogen and oxygen atoms in total. The van der Waals surface area contributed by atoms with Gasteiger partial charge in [0.05, 0.1) is 37.2 Å². The minimum absolute atomic E-state index is 0.258. The van der Waals surface area contributed by atoms with Gasteiger partial charge in [-0.15, -0.1) is 0 Å². The van der Waals surface area contributed by atoms with Crippen LogP contribution in [0.25, 0.3) is 27.9 Å². The molecule has 0 radical (unpaired) electrons. The van der Waals surface area contributed by atoms with Crippen molar-refractivity contribution in [2.45, 2.75) is 37.2 Å². The van der Waals surface area contributed by atoms with Crippen LogP contribution in [-0.4, -0.2) is 73.7 Å². The predicted octanol–water partition coefficient (Wildman–Crippen LogP) is 1.95. The van der Waals surface area contributed by atoms with Gasteiger partial charge in [0.25, 0.3) is 5.91 Å². The fourth-order valence-corrected chi connectivity index (χ4v) is 4.64. The summed E-state index contributed by atoms with van der Waals surface area (Å²) in [5.41, 5.74) is 2.77. The molecule has 1 unspecified atom stereocenters. The highest BCUT2D eigenvalue weighted by molar-refractivity contribution is 6.01. The minimum atomic E-state index is -1.02. The molecule has 176 valence electrons. The number of aromatic nitrogens is 5. The number of halogens is 1. The van der Waals surface area contributed by atoms with Crippen molar-refractivity contribution in [3.8, 4) is 11.3 Å². The number of hydrogen-bond acceptors (Lipinski definition) is 7. The Morgan fingerprint density at radius 2 is 2.18 bits per heavy atom. The summed E-state index contributed by atoms with van der Waals surface area (Å²) in [5, 5.41) is 21.5. The van der Waals surface area contributed by atoms with Gasteiger partial charge >= 0.3 is 0 Å². The molecular weight excluding hydrogens is 441 g/mol. The quantitative estimate of drug-likeness (QED) is 0.412. The average molecular weight is 465 g/mol. The molecule has 0 spiro atoms. The van der Waals surface area contributed by atoms with Crippen LogP contribution < -0.4 is 10.6 Å². The summed E-state index contributed by atoms with van der Waals surface area (Å²) in [6.07, 6.45) is 4.50. The van der Waals surface area contributed by atoms with Gasteiger partial charge in [-0.05, 0) is 25.0 Å². The fourth-order valence-electron chi connectivity index (χ4n) is 4.64. The number of hydrogen-bond donors (Lipinski definition) is 3. The highest BCUT2D eigenvalue weighted by atomic mass is 19.1. The fraction of sp³-hybridized carbons (Fsp3) is 0.391. The van der Waals surface area contributed by atoms with Gasteiger partial charge in [0.15, 0.2) is 5.65 Å². The van der Waals surface area contributed by atoms with Crippen LogP contribution in [0.4, 0.5) is 10.2 Å². The molecule has 0 aromatic carbocycles. The van der Waals surface area contributed by atoms with E-state index in [-0.39, 0.29) is 18.2 Å². The molecule has 11 heteroatoms. The van der Waals surface area contributed by atoms with Crippen LogP contribution in [0.15, 0.2) is 36.8 Å². The third kappa shape index (κ3) is 3.23. The number of alkyl halides is 1. The number of fused-ring (bicyclic) bond motifs is 2. The van der Waals surface area contributed by atoms with Gasteiger partial charge in [-0.3, -0.25) is 4.79 Å². The van der Waals surface area contributed by atoms with Gasteiger partial charge in [0.1, 0.15) is 29.3 Å². The summed E-state index contributed by atoms with van der Waals surface area (Å²) >= 11 is 0. The van der Waals surface area contributed by atoms with Crippen molar-refractivity contribution in [2.75, 3.05) is 25.6 Å². The van der Waals surface area contributed by atoms with E-state index in [4.69, 9.17) is 9.72 Å². The Balaban J connectivity index is 1.48. The number of aliphatic hydroxyl groups excluding tert-OH is 1. The van der Waals surface area contributed by atoms with Gasteiger partial charge in [-0.2, -0.15) is 9.61 Å². The lowest BCUT2D eigenvalue weighted by atomic mass is 9.90. The van der Waals surface area contributed by atoms with Crippen LogP contribution >= 0.6 is 0 Å². The van der Waals surface area contributed by atoms with E-state index >= 15 is 0 Å². The first-order valence-electron chi connectivity index (χ1n) is 11.3. The smallest absolute Gasteiger partial charge is 0.257 e. The van der Waals surface area contributed by atoms with Crippen LogP contribution in [0, 0.1) is 0 Å². The van der Waals surface area contributed by atoms with Crippen molar-refractivity contribution in [1.82, 2.24) is 29.5 Å². The Bertz CT molecular complexity index is 1400. The van der Waals surface area contributed by atoms with E-state index in [1.165, 1.54) is 6.20 Å². The SMILES string of the molecule is CNc1cc(-c2cn([C@H]3COC[C@@H]3O)c3ncccc23)nc2c(C(=O)NC3CC[C@H]3F)cnn12. The second kappa shape index (κ2) is 8.03. The number of rotatable bonds is 5. The van der Waals surface area contributed by atoms with Crippen molar-refractivity contribution in [2.24, 2.45) is 0 Å².